The zero-order valence-corrected chi connectivity index (χ0v) is 11.8. The third-order valence-corrected chi connectivity index (χ3v) is 3.32. The topological polar surface area (TPSA) is 54.0 Å². The Bertz CT molecular complexity index is 352. The molecule has 0 aromatic heterocycles. The standard InChI is InChI=1S/C14H22O5/c1-5-10-13-11(18-14(3,4)19-13)7-9(17-10)8-12(15)16-6-2/h5,9-11,13H,1,6-8H2,2-4H3/t9-,10+,11+,13-/m1/s1. The second-order valence-corrected chi connectivity index (χ2v) is 5.34. The van der Waals surface area contributed by atoms with Crippen LogP contribution in [-0.4, -0.2) is 42.8 Å². The van der Waals surface area contributed by atoms with Gasteiger partial charge in [0.15, 0.2) is 5.79 Å². The Kier molecular flexibility index (Phi) is 4.28. The van der Waals surface area contributed by atoms with E-state index in [0.29, 0.717) is 13.0 Å². The van der Waals surface area contributed by atoms with Crippen molar-refractivity contribution in [2.45, 2.75) is 63.8 Å². The second-order valence-electron chi connectivity index (χ2n) is 5.34. The number of fused-ring (bicyclic) bond motifs is 1. The number of carbonyl (C=O) groups is 1. The SMILES string of the molecule is C=C[C@@H]1O[C@@H](CC(=O)OCC)C[C@@H]2OC(C)(C)O[C@H]12. The molecule has 0 spiro atoms. The normalized spacial score (nSPS) is 36.6. The van der Waals surface area contributed by atoms with Crippen LogP contribution in [0.1, 0.15) is 33.6 Å². The smallest absolute Gasteiger partial charge is 0.308 e. The van der Waals surface area contributed by atoms with Gasteiger partial charge in [0.1, 0.15) is 12.2 Å². The predicted octanol–water partition coefficient (Wildman–Crippen LogP) is 1.80. The molecule has 0 aromatic carbocycles. The van der Waals surface area contributed by atoms with E-state index in [0.717, 1.165) is 0 Å². The summed E-state index contributed by atoms with van der Waals surface area (Å²) in [6.45, 7) is 9.70. The summed E-state index contributed by atoms with van der Waals surface area (Å²) in [4.78, 5) is 11.5. The molecule has 108 valence electrons. The average molecular weight is 270 g/mol. The van der Waals surface area contributed by atoms with E-state index in [1.54, 1.807) is 13.0 Å². The number of carbonyl (C=O) groups excluding carboxylic acids is 1. The van der Waals surface area contributed by atoms with Gasteiger partial charge in [0, 0.05) is 6.42 Å². The second kappa shape index (κ2) is 5.61. The maximum atomic E-state index is 11.5. The summed E-state index contributed by atoms with van der Waals surface area (Å²) in [7, 11) is 0. The lowest BCUT2D eigenvalue weighted by Crippen LogP contribution is -2.46. The Morgan fingerprint density at radius 2 is 2.21 bits per heavy atom. The van der Waals surface area contributed by atoms with Crippen LogP contribution in [0.25, 0.3) is 0 Å². The van der Waals surface area contributed by atoms with Gasteiger partial charge in [-0.1, -0.05) is 6.08 Å². The van der Waals surface area contributed by atoms with E-state index in [-0.39, 0.29) is 36.8 Å². The van der Waals surface area contributed by atoms with Crippen molar-refractivity contribution in [3.05, 3.63) is 12.7 Å². The van der Waals surface area contributed by atoms with E-state index in [2.05, 4.69) is 6.58 Å². The lowest BCUT2D eigenvalue weighted by atomic mass is 9.96. The molecule has 5 heteroatoms. The molecule has 2 rings (SSSR count). The summed E-state index contributed by atoms with van der Waals surface area (Å²) in [6, 6.07) is 0. The first-order chi connectivity index (χ1) is 8.95. The molecule has 2 aliphatic heterocycles. The number of hydrogen-bond donors (Lipinski definition) is 0. The van der Waals surface area contributed by atoms with Crippen molar-refractivity contribution < 1.29 is 23.7 Å². The molecule has 0 radical (unpaired) electrons. The van der Waals surface area contributed by atoms with Crippen LogP contribution >= 0.6 is 0 Å². The third kappa shape index (κ3) is 3.35. The molecular formula is C14H22O5. The molecule has 0 bridgehead atoms. The molecule has 0 aliphatic carbocycles. The molecular weight excluding hydrogens is 248 g/mol. The van der Waals surface area contributed by atoms with Crippen molar-refractivity contribution in [1.82, 2.24) is 0 Å². The molecule has 0 amide bonds. The van der Waals surface area contributed by atoms with Crippen molar-refractivity contribution in [3.8, 4) is 0 Å². The number of hydrogen-bond acceptors (Lipinski definition) is 5. The fourth-order valence-corrected chi connectivity index (χ4v) is 2.67. The Labute approximate surface area is 113 Å². The van der Waals surface area contributed by atoms with Crippen LogP contribution in [0.2, 0.25) is 0 Å². The Balaban J connectivity index is 2.00. The van der Waals surface area contributed by atoms with Crippen LogP contribution in [0.3, 0.4) is 0 Å². The molecule has 2 saturated heterocycles. The first kappa shape index (κ1) is 14.5. The van der Waals surface area contributed by atoms with E-state index in [4.69, 9.17) is 18.9 Å². The minimum absolute atomic E-state index is 0.0637. The van der Waals surface area contributed by atoms with Crippen LogP contribution in [0.15, 0.2) is 12.7 Å². The zero-order valence-electron chi connectivity index (χ0n) is 11.8. The molecule has 0 saturated carbocycles. The van der Waals surface area contributed by atoms with Gasteiger partial charge in [0.2, 0.25) is 0 Å². The van der Waals surface area contributed by atoms with Crippen molar-refractivity contribution >= 4 is 5.97 Å². The van der Waals surface area contributed by atoms with Gasteiger partial charge in [-0.05, 0) is 20.8 Å². The van der Waals surface area contributed by atoms with Crippen LogP contribution in [-0.2, 0) is 23.7 Å². The zero-order chi connectivity index (χ0) is 14.0. The largest absolute Gasteiger partial charge is 0.466 e. The number of rotatable bonds is 4. The first-order valence-corrected chi connectivity index (χ1v) is 6.74. The van der Waals surface area contributed by atoms with Crippen molar-refractivity contribution in [2.24, 2.45) is 0 Å². The highest BCUT2D eigenvalue weighted by molar-refractivity contribution is 5.69. The fraction of sp³-hybridized carbons (Fsp3) is 0.786. The Hall–Kier alpha value is -0.910. The monoisotopic (exact) mass is 270 g/mol. The quantitative estimate of drug-likeness (QED) is 0.576. The summed E-state index contributed by atoms with van der Waals surface area (Å²) >= 11 is 0. The first-order valence-electron chi connectivity index (χ1n) is 6.74. The predicted molar refractivity (Wildman–Crippen MR) is 68.6 cm³/mol. The lowest BCUT2D eigenvalue weighted by molar-refractivity contribution is -0.158. The molecule has 2 heterocycles. The van der Waals surface area contributed by atoms with Gasteiger partial charge in [-0.3, -0.25) is 4.79 Å². The van der Waals surface area contributed by atoms with Gasteiger partial charge in [0.05, 0.1) is 25.2 Å². The van der Waals surface area contributed by atoms with Crippen molar-refractivity contribution in [1.29, 1.82) is 0 Å². The fourth-order valence-electron chi connectivity index (χ4n) is 2.67. The maximum absolute atomic E-state index is 11.5. The van der Waals surface area contributed by atoms with Gasteiger partial charge in [-0.25, -0.2) is 0 Å². The van der Waals surface area contributed by atoms with Gasteiger partial charge in [-0.2, -0.15) is 0 Å². The number of ether oxygens (including phenoxy) is 4. The Morgan fingerprint density at radius 1 is 1.47 bits per heavy atom. The highest BCUT2D eigenvalue weighted by Gasteiger charge is 2.49. The summed E-state index contributed by atoms with van der Waals surface area (Å²) in [5.41, 5.74) is 0. The third-order valence-electron chi connectivity index (χ3n) is 3.32. The molecule has 0 unspecified atom stereocenters. The van der Waals surface area contributed by atoms with Crippen LogP contribution in [0.5, 0.6) is 0 Å². The molecule has 5 nitrogen and oxygen atoms in total. The highest BCUT2D eigenvalue weighted by Crippen LogP contribution is 2.38. The van der Waals surface area contributed by atoms with E-state index in [9.17, 15) is 4.79 Å². The minimum Gasteiger partial charge on any atom is -0.466 e. The molecule has 2 fully saturated rings. The number of esters is 1. The van der Waals surface area contributed by atoms with Crippen LogP contribution in [0, 0.1) is 0 Å². The lowest BCUT2D eigenvalue weighted by Gasteiger charge is -2.34. The summed E-state index contributed by atoms with van der Waals surface area (Å²) < 4.78 is 22.5. The van der Waals surface area contributed by atoms with Crippen molar-refractivity contribution in [3.63, 3.8) is 0 Å². The van der Waals surface area contributed by atoms with E-state index >= 15 is 0 Å². The van der Waals surface area contributed by atoms with Crippen LogP contribution < -0.4 is 0 Å². The summed E-state index contributed by atoms with van der Waals surface area (Å²) in [5.74, 6) is -0.856. The summed E-state index contributed by atoms with van der Waals surface area (Å²) in [6.07, 6.45) is 1.92. The van der Waals surface area contributed by atoms with E-state index in [1.807, 2.05) is 13.8 Å². The summed E-state index contributed by atoms with van der Waals surface area (Å²) in [5, 5.41) is 0. The minimum atomic E-state index is -0.612. The maximum Gasteiger partial charge on any atom is 0.308 e. The van der Waals surface area contributed by atoms with E-state index in [1.165, 1.54) is 0 Å². The van der Waals surface area contributed by atoms with Crippen molar-refractivity contribution in [2.75, 3.05) is 6.61 Å². The van der Waals surface area contributed by atoms with Gasteiger partial charge >= 0.3 is 5.97 Å². The van der Waals surface area contributed by atoms with Gasteiger partial charge in [0.25, 0.3) is 0 Å². The van der Waals surface area contributed by atoms with Gasteiger partial charge < -0.3 is 18.9 Å². The Morgan fingerprint density at radius 3 is 2.84 bits per heavy atom. The molecule has 2 aliphatic rings. The van der Waals surface area contributed by atoms with Crippen LogP contribution in [0.4, 0.5) is 0 Å². The highest BCUT2D eigenvalue weighted by atomic mass is 16.8. The molecule has 4 atom stereocenters. The van der Waals surface area contributed by atoms with Gasteiger partial charge in [-0.15, -0.1) is 6.58 Å². The molecule has 0 N–H and O–H groups in total. The van der Waals surface area contributed by atoms with E-state index < -0.39 is 5.79 Å². The molecule has 0 aromatic rings. The average Bonchev–Trinajstić information content (AvgIpc) is 2.62. The molecule has 19 heavy (non-hydrogen) atoms.